The number of hydrogen-bond acceptors (Lipinski definition) is 3. The summed E-state index contributed by atoms with van der Waals surface area (Å²) in [7, 11) is 0. The number of aromatic nitrogens is 1. The van der Waals surface area contributed by atoms with Crippen LogP contribution in [0.1, 0.15) is 36.5 Å². The molecule has 0 radical (unpaired) electrons. The highest BCUT2D eigenvalue weighted by molar-refractivity contribution is 5.94. The van der Waals surface area contributed by atoms with Crippen molar-refractivity contribution >= 4 is 11.9 Å². The van der Waals surface area contributed by atoms with Crippen LogP contribution in [0.3, 0.4) is 0 Å². The standard InChI is InChI=1S/C12H15FN2O3/c1-2-3-8(6-11(16)17)15-12(18)9-4-5-14-7-10(9)13/h4-5,7-8H,2-3,6H2,1H3,(H,15,18)(H,16,17). The smallest absolute Gasteiger partial charge is 0.305 e. The van der Waals surface area contributed by atoms with Crippen LogP contribution < -0.4 is 5.32 Å². The van der Waals surface area contributed by atoms with Crippen molar-refractivity contribution in [2.45, 2.75) is 32.2 Å². The van der Waals surface area contributed by atoms with Crippen LogP contribution in [-0.2, 0) is 4.79 Å². The van der Waals surface area contributed by atoms with Gasteiger partial charge in [0.1, 0.15) is 0 Å². The third-order valence-electron chi connectivity index (χ3n) is 2.41. The van der Waals surface area contributed by atoms with Crippen LogP contribution in [0.25, 0.3) is 0 Å². The van der Waals surface area contributed by atoms with Crippen molar-refractivity contribution in [2.75, 3.05) is 0 Å². The van der Waals surface area contributed by atoms with Gasteiger partial charge in [-0.2, -0.15) is 0 Å². The molecule has 1 amide bonds. The van der Waals surface area contributed by atoms with Gasteiger partial charge in [-0.3, -0.25) is 14.6 Å². The Labute approximate surface area is 104 Å². The number of carboxylic acid groups (broad SMARTS) is 1. The van der Waals surface area contributed by atoms with Gasteiger partial charge in [0.2, 0.25) is 0 Å². The zero-order chi connectivity index (χ0) is 13.5. The van der Waals surface area contributed by atoms with E-state index in [1.165, 1.54) is 12.3 Å². The summed E-state index contributed by atoms with van der Waals surface area (Å²) in [6.45, 7) is 1.88. The topological polar surface area (TPSA) is 79.3 Å². The van der Waals surface area contributed by atoms with Gasteiger partial charge < -0.3 is 10.4 Å². The van der Waals surface area contributed by atoms with Crippen molar-refractivity contribution in [3.05, 3.63) is 29.8 Å². The molecule has 0 aliphatic rings. The number of hydrogen-bond donors (Lipinski definition) is 2. The summed E-state index contributed by atoms with van der Waals surface area (Å²) < 4.78 is 13.3. The van der Waals surface area contributed by atoms with E-state index >= 15 is 0 Å². The molecule has 1 aromatic rings. The van der Waals surface area contributed by atoms with E-state index < -0.39 is 23.7 Å². The van der Waals surface area contributed by atoms with Crippen LogP contribution >= 0.6 is 0 Å². The molecular weight excluding hydrogens is 239 g/mol. The van der Waals surface area contributed by atoms with Crippen molar-refractivity contribution in [1.82, 2.24) is 10.3 Å². The average Bonchev–Trinajstić information content (AvgIpc) is 2.28. The monoisotopic (exact) mass is 254 g/mol. The third-order valence-corrected chi connectivity index (χ3v) is 2.41. The molecule has 0 aliphatic carbocycles. The molecule has 1 aromatic heterocycles. The molecule has 2 N–H and O–H groups in total. The van der Waals surface area contributed by atoms with Gasteiger partial charge in [0.05, 0.1) is 18.2 Å². The fourth-order valence-electron chi connectivity index (χ4n) is 1.61. The molecule has 0 aromatic carbocycles. The largest absolute Gasteiger partial charge is 0.481 e. The number of carbonyl (C=O) groups is 2. The lowest BCUT2D eigenvalue weighted by atomic mass is 10.1. The Morgan fingerprint density at radius 2 is 2.28 bits per heavy atom. The van der Waals surface area contributed by atoms with E-state index in [1.807, 2.05) is 6.92 Å². The van der Waals surface area contributed by atoms with Crippen molar-refractivity contribution in [2.24, 2.45) is 0 Å². The molecule has 0 bridgehead atoms. The first kappa shape index (κ1) is 14.1. The van der Waals surface area contributed by atoms with Gasteiger partial charge >= 0.3 is 5.97 Å². The van der Waals surface area contributed by atoms with E-state index in [2.05, 4.69) is 10.3 Å². The summed E-state index contributed by atoms with van der Waals surface area (Å²) in [5, 5.41) is 11.2. The van der Waals surface area contributed by atoms with Gasteiger partial charge in [0.25, 0.3) is 5.91 Å². The first-order valence-corrected chi connectivity index (χ1v) is 5.66. The maximum atomic E-state index is 13.3. The van der Waals surface area contributed by atoms with E-state index in [4.69, 9.17) is 5.11 Å². The maximum Gasteiger partial charge on any atom is 0.305 e. The van der Waals surface area contributed by atoms with Gasteiger partial charge in [0, 0.05) is 12.2 Å². The van der Waals surface area contributed by atoms with Crippen molar-refractivity contribution in [1.29, 1.82) is 0 Å². The summed E-state index contributed by atoms with van der Waals surface area (Å²) in [6, 6.07) is 0.765. The molecule has 1 heterocycles. The number of pyridine rings is 1. The van der Waals surface area contributed by atoms with Gasteiger partial charge in [0.15, 0.2) is 5.82 Å². The molecule has 1 atom stereocenters. The lowest BCUT2D eigenvalue weighted by Crippen LogP contribution is -2.36. The summed E-state index contributed by atoms with van der Waals surface area (Å²) in [5.74, 6) is -2.33. The van der Waals surface area contributed by atoms with Crippen LogP contribution in [0, 0.1) is 5.82 Å². The normalized spacial score (nSPS) is 11.9. The zero-order valence-corrected chi connectivity index (χ0v) is 10.0. The molecule has 98 valence electrons. The quantitative estimate of drug-likeness (QED) is 0.808. The molecule has 0 saturated carbocycles. The molecule has 1 rings (SSSR count). The molecule has 0 saturated heterocycles. The van der Waals surface area contributed by atoms with Crippen LogP contribution in [-0.4, -0.2) is 28.0 Å². The van der Waals surface area contributed by atoms with E-state index in [0.29, 0.717) is 6.42 Å². The minimum Gasteiger partial charge on any atom is -0.481 e. The first-order chi connectivity index (χ1) is 8.54. The first-order valence-electron chi connectivity index (χ1n) is 5.66. The highest BCUT2D eigenvalue weighted by Gasteiger charge is 2.18. The Morgan fingerprint density at radius 3 is 2.83 bits per heavy atom. The molecule has 1 unspecified atom stereocenters. The van der Waals surface area contributed by atoms with Gasteiger partial charge in [-0.1, -0.05) is 13.3 Å². The zero-order valence-electron chi connectivity index (χ0n) is 10.0. The molecule has 5 nitrogen and oxygen atoms in total. The molecule has 6 heteroatoms. The molecular formula is C12H15FN2O3. The summed E-state index contributed by atoms with van der Waals surface area (Å²) >= 11 is 0. The minimum atomic E-state index is -0.996. The van der Waals surface area contributed by atoms with Gasteiger partial charge in [-0.25, -0.2) is 4.39 Å². The fourth-order valence-corrected chi connectivity index (χ4v) is 1.61. The Morgan fingerprint density at radius 1 is 1.56 bits per heavy atom. The Hall–Kier alpha value is -1.98. The SMILES string of the molecule is CCCC(CC(=O)O)NC(=O)c1ccncc1F. The third kappa shape index (κ3) is 4.12. The lowest BCUT2D eigenvalue weighted by molar-refractivity contribution is -0.137. The second kappa shape index (κ2) is 6.68. The van der Waals surface area contributed by atoms with E-state index in [1.54, 1.807) is 0 Å². The average molecular weight is 254 g/mol. The molecule has 0 fully saturated rings. The fraction of sp³-hybridized carbons (Fsp3) is 0.417. The second-order valence-electron chi connectivity index (χ2n) is 3.91. The Balaban J connectivity index is 2.72. The van der Waals surface area contributed by atoms with Crippen molar-refractivity contribution in [3.8, 4) is 0 Å². The van der Waals surface area contributed by atoms with Crippen LogP contribution in [0.4, 0.5) is 4.39 Å². The number of nitrogens with one attached hydrogen (secondary N) is 1. The summed E-state index contributed by atoms with van der Waals surface area (Å²) in [6.07, 6.45) is 3.35. The van der Waals surface area contributed by atoms with Crippen LogP contribution in [0.2, 0.25) is 0 Å². The Bertz CT molecular complexity index is 437. The number of halogens is 1. The number of aliphatic carboxylic acids is 1. The van der Waals surface area contributed by atoms with Crippen molar-refractivity contribution in [3.63, 3.8) is 0 Å². The van der Waals surface area contributed by atoms with E-state index in [9.17, 15) is 14.0 Å². The van der Waals surface area contributed by atoms with Gasteiger partial charge in [-0.05, 0) is 12.5 Å². The summed E-state index contributed by atoms with van der Waals surface area (Å²) in [4.78, 5) is 25.9. The number of carbonyl (C=O) groups excluding carboxylic acids is 1. The molecule has 18 heavy (non-hydrogen) atoms. The number of carboxylic acids is 1. The molecule has 0 aliphatic heterocycles. The highest BCUT2D eigenvalue weighted by atomic mass is 19.1. The predicted molar refractivity (Wildman–Crippen MR) is 62.6 cm³/mol. The van der Waals surface area contributed by atoms with Crippen molar-refractivity contribution < 1.29 is 19.1 Å². The van der Waals surface area contributed by atoms with Crippen LogP contribution in [0.15, 0.2) is 18.5 Å². The minimum absolute atomic E-state index is 0.128. The number of rotatable bonds is 6. The molecule has 0 spiro atoms. The predicted octanol–water partition coefficient (Wildman–Crippen LogP) is 1.59. The van der Waals surface area contributed by atoms with Gasteiger partial charge in [-0.15, -0.1) is 0 Å². The summed E-state index contributed by atoms with van der Waals surface area (Å²) in [5.41, 5.74) is -0.128. The lowest BCUT2D eigenvalue weighted by Gasteiger charge is -2.16. The van der Waals surface area contributed by atoms with Crippen LogP contribution in [0.5, 0.6) is 0 Å². The second-order valence-corrected chi connectivity index (χ2v) is 3.91. The highest BCUT2D eigenvalue weighted by Crippen LogP contribution is 2.07. The maximum absolute atomic E-state index is 13.3. The Kier molecular flexibility index (Phi) is 5.23. The number of amides is 1. The van der Waals surface area contributed by atoms with E-state index in [0.717, 1.165) is 12.6 Å². The van der Waals surface area contributed by atoms with E-state index in [-0.39, 0.29) is 12.0 Å². The number of nitrogens with zero attached hydrogens (tertiary/aromatic N) is 1.